The summed E-state index contributed by atoms with van der Waals surface area (Å²) in [5.41, 5.74) is -3.51. The van der Waals surface area contributed by atoms with E-state index >= 15 is 0 Å². The molecule has 1 aliphatic carbocycles. The van der Waals surface area contributed by atoms with E-state index in [1.807, 2.05) is 0 Å². The predicted octanol–water partition coefficient (Wildman–Crippen LogP) is 6.24. The molecule has 1 aromatic carbocycles. The number of benzene rings is 1. The van der Waals surface area contributed by atoms with Crippen molar-refractivity contribution in [2.75, 3.05) is 0 Å². The van der Waals surface area contributed by atoms with Gasteiger partial charge in [-0.1, -0.05) is 19.1 Å². The van der Waals surface area contributed by atoms with Crippen LogP contribution in [0.15, 0.2) is 41.6 Å². The van der Waals surface area contributed by atoms with E-state index in [9.17, 15) is 54.0 Å². The highest BCUT2D eigenvalue weighted by Gasteiger charge is 2.74. The van der Waals surface area contributed by atoms with Crippen LogP contribution in [0.4, 0.5) is 49.6 Å². The lowest BCUT2D eigenvalue weighted by atomic mass is 9.84. The van der Waals surface area contributed by atoms with Crippen LogP contribution < -0.4 is 5.73 Å². The molecular weight excluding hydrogens is 504 g/mol. The molecular formula is C20H19F10N3O2. The number of nitro groups is 1. The van der Waals surface area contributed by atoms with Gasteiger partial charge in [0.2, 0.25) is 0 Å². The topological polar surface area (TPSA) is 72.4 Å². The number of rotatable bonds is 6. The highest BCUT2D eigenvalue weighted by atomic mass is 19.4. The highest BCUT2D eigenvalue weighted by Crippen LogP contribution is 2.52. The maximum Gasteiger partial charge on any atom is 0.435 e. The molecule has 0 bridgehead atoms. The molecule has 15 heteroatoms. The molecule has 0 fully saturated rings. The van der Waals surface area contributed by atoms with Crippen molar-refractivity contribution in [1.29, 1.82) is 0 Å². The lowest BCUT2D eigenvalue weighted by Gasteiger charge is -2.40. The Bertz CT molecular complexity index is 1010. The van der Waals surface area contributed by atoms with Crippen LogP contribution in [0, 0.1) is 23.0 Å². The summed E-state index contributed by atoms with van der Waals surface area (Å²) in [6.45, 7) is 1.71. The molecule has 0 amide bonds. The Morgan fingerprint density at radius 1 is 1.09 bits per heavy atom. The molecule has 0 saturated carbocycles. The van der Waals surface area contributed by atoms with Gasteiger partial charge in [-0.3, -0.25) is 10.1 Å². The summed E-state index contributed by atoms with van der Waals surface area (Å²) in [6, 6.07) is 3.17. The minimum Gasteiger partial charge on any atom is -0.347 e. The molecule has 0 saturated heterocycles. The number of nitro benzene ring substituents is 1. The van der Waals surface area contributed by atoms with Crippen molar-refractivity contribution in [3.05, 3.63) is 62.9 Å². The van der Waals surface area contributed by atoms with E-state index < -0.39 is 65.4 Å². The third-order valence-electron chi connectivity index (χ3n) is 5.49. The highest BCUT2D eigenvalue weighted by molar-refractivity contribution is 5.43. The van der Waals surface area contributed by atoms with Crippen LogP contribution in [0.2, 0.25) is 0 Å². The summed E-state index contributed by atoms with van der Waals surface area (Å²) in [4.78, 5) is 10.5. The van der Waals surface area contributed by atoms with Gasteiger partial charge < -0.3 is 10.6 Å². The van der Waals surface area contributed by atoms with E-state index in [4.69, 9.17) is 5.73 Å². The minimum absolute atomic E-state index is 0.00448. The maximum absolute atomic E-state index is 14.6. The van der Waals surface area contributed by atoms with Crippen molar-refractivity contribution in [1.82, 2.24) is 4.90 Å². The summed E-state index contributed by atoms with van der Waals surface area (Å²) < 4.78 is 134. The molecule has 2 rings (SSSR count). The minimum atomic E-state index is -6.45. The lowest BCUT2D eigenvalue weighted by Crippen LogP contribution is -2.55. The molecule has 2 N–H and O–H groups in total. The zero-order valence-electron chi connectivity index (χ0n) is 18.0. The van der Waals surface area contributed by atoms with Crippen LogP contribution in [-0.2, 0) is 6.54 Å². The van der Waals surface area contributed by atoms with Gasteiger partial charge in [-0.25, -0.2) is 4.39 Å². The first-order valence-corrected chi connectivity index (χ1v) is 9.79. The Kier molecular flexibility index (Phi) is 7.56. The van der Waals surface area contributed by atoms with E-state index in [1.165, 1.54) is 13.8 Å². The van der Waals surface area contributed by atoms with Crippen molar-refractivity contribution < 1.29 is 48.8 Å². The largest absolute Gasteiger partial charge is 0.435 e. The van der Waals surface area contributed by atoms with E-state index in [2.05, 4.69) is 0 Å². The normalized spacial score (nSPS) is 18.6. The van der Waals surface area contributed by atoms with Gasteiger partial charge in [0, 0.05) is 29.4 Å². The van der Waals surface area contributed by atoms with Gasteiger partial charge in [-0.15, -0.1) is 0 Å². The predicted molar refractivity (Wildman–Crippen MR) is 103 cm³/mol. The summed E-state index contributed by atoms with van der Waals surface area (Å²) >= 11 is 0. The molecule has 1 unspecified atom stereocenters. The molecule has 0 heterocycles. The SMILES string of the molecule is Cc1cc(CN(C2=CC(C(F)(C(F)(F)F)C(F)(F)F)=CC[C@H]2C)C(N)C(F)(F)F)ccc1[N+](=O)[O-]. The Morgan fingerprint density at radius 2 is 1.63 bits per heavy atom. The van der Waals surface area contributed by atoms with Gasteiger partial charge in [-0.2, -0.15) is 39.5 Å². The number of nitrogens with zero attached hydrogens (tertiary/aromatic N) is 2. The number of hydrogen-bond acceptors (Lipinski definition) is 4. The third kappa shape index (κ3) is 5.54. The zero-order chi connectivity index (χ0) is 27.1. The molecule has 2 atom stereocenters. The number of halogens is 10. The van der Waals surface area contributed by atoms with Crippen molar-refractivity contribution in [3.63, 3.8) is 0 Å². The van der Waals surface area contributed by atoms with Crippen molar-refractivity contribution in [2.24, 2.45) is 11.7 Å². The lowest BCUT2D eigenvalue weighted by molar-refractivity contribution is -0.385. The third-order valence-corrected chi connectivity index (χ3v) is 5.49. The molecule has 5 nitrogen and oxygen atoms in total. The average Bonchev–Trinajstić information content (AvgIpc) is 2.69. The molecule has 0 spiro atoms. The fraction of sp³-hybridized carbons (Fsp3) is 0.500. The summed E-state index contributed by atoms with van der Waals surface area (Å²) in [5.74, 6) is -1.07. The molecule has 1 aromatic rings. The molecule has 196 valence electrons. The Hall–Kier alpha value is -2.84. The fourth-order valence-corrected chi connectivity index (χ4v) is 3.62. The van der Waals surface area contributed by atoms with Gasteiger partial charge in [0.05, 0.1) is 4.92 Å². The van der Waals surface area contributed by atoms with Gasteiger partial charge in [0.25, 0.3) is 5.69 Å². The fourth-order valence-electron chi connectivity index (χ4n) is 3.62. The molecule has 0 radical (unpaired) electrons. The second-order valence-corrected chi connectivity index (χ2v) is 8.01. The summed E-state index contributed by atoms with van der Waals surface area (Å²) in [6.07, 6.45) is -21.2. The van der Waals surface area contributed by atoms with Crippen LogP contribution >= 0.6 is 0 Å². The number of alkyl halides is 10. The first kappa shape index (κ1) is 28.4. The first-order valence-electron chi connectivity index (χ1n) is 9.79. The van der Waals surface area contributed by atoms with E-state index in [1.54, 1.807) is 0 Å². The molecule has 35 heavy (non-hydrogen) atoms. The molecule has 0 aliphatic heterocycles. The number of aryl methyl sites for hydroxylation is 1. The standard InChI is InChI=1S/C20H19F10N3O2/c1-10-3-5-13(17(21,19(25,26)27)20(28,29)30)8-15(10)32(16(31)18(22,23)24)9-12-4-6-14(33(34)35)11(2)7-12/h4-8,10,16H,3,9,31H2,1-2H3/t10-,16?/m1/s1. The van der Waals surface area contributed by atoms with E-state index in [0.29, 0.717) is 11.0 Å². The average molecular weight is 523 g/mol. The van der Waals surface area contributed by atoms with Crippen molar-refractivity contribution in [3.8, 4) is 0 Å². The Morgan fingerprint density at radius 3 is 2.06 bits per heavy atom. The van der Waals surface area contributed by atoms with Gasteiger partial charge in [0.15, 0.2) is 6.17 Å². The summed E-state index contributed by atoms with van der Waals surface area (Å²) in [7, 11) is 0. The number of nitrogens with two attached hydrogens (primary N) is 1. The van der Waals surface area contributed by atoms with Crippen LogP contribution in [0.3, 0.4) is 0 Å². The van der Waals surface area contributed by atoms with E-state index in [-0.39, 0.29) is 22.9 Å². The first-order chi connectivity index (χ1) is 15.7. The second-order valence-electron chi connectivity index (χ2n) is 8.01. The Labute approximate surface area is 192 Å². The van der Waals surface area contributed by atoms with Gasteiger partial charge in [-0.05, 0) is 37.0 Å². The van der Waals surface area contributed by atoms with Crippen molar-refractivity contribution >= 4 is 5.69 Å². The van der Waals surface area contributed by atoms with Crippen LogP contribution in [0.25, 0.3) is 0 Å². The maximum atomic E-state index is 14.6. The zero-order valence-corrected chi connectivity index (χ0v) is 18.0. The quantitative estimate of drug-likeness (QED) is 0.208. The Balaban J connectivity index is 2.65. The smallest absolute Gasteiger partial charge is 0.347 e. The monoisotopic (exact) mass is 523 g/mol. The molecule has 0 aromatic heterocycles. The second kappa shape index (κ2) is 9.32. The molecule has 1 aliphatic rings. The van der Waals surface area contributed by atoms with Gasteiger partial charge in [0.1, 0.15) is 0 Å². The van der Waals surface area contributed by atoms with Crippen LogP contribution in [0.1, 0.15) is 24.5 Å². The number of allylic oxidation sites excluding steroid dienone is 4. The van der Waals surface area contributed by atoms with Crippen LogP contribution in [0.5, 0.6) is 0 Å². The van der Waals surface area contributed by atoms with Gasteiger partial charge >= 0.3 is 24.2 Å². The van der Waals surface area contributed by atoms with Crippen LogP contribution in [-0.4, -0.2) is 40.2 Å². The number of hydrogen-bond donors (Lipinski definition) is 1. The van der Waals surface area contributed by atoms with E-state index in [0.717, 1.165) is 18.2 Å². The summed E-state index contributed by atoms with van der Waals surface area (Å²) in [5, 5.41) is 11.0. The van der Waals surface area contributed by atoms with Crippen molar-refractivity contribution in [2.45, 2.75) is 57.2 Å².